The molecule has 154 valence electrons. The molecule has 2 aliphatic heterocycles. The molecule has 0 spiro atoms. The summed E-state index contributed by atoms with van der Waals surface area (Å²) in [5, 5.41) is 0. The van der Waals surface area contributed by atoms with E-state index in [2.05, 4.69) is 35.7 Å². The summed E-state index contributed by atoms with van der Waals surface area (Å²) >= 11 is 0. The van der Waals surface area contributed by atoms with Crippen molar-refractivity contribution in [3.05, 3.63) is 80.2 Å². The van der Waals surface area contributed by atoms with E-state index in [9.17, 15) is 14.0 Å². The van der Waals surface area contributed by atoms with E-state index in [1.165, 1.54) is 12.1 Å². The minimum absolute atomic E-state index is 0.150. The Labute approximate surface area is 172 Å². The van der Waals surface area contributed by atoms with Gasteiger partial charge < -0.3 is 4.57 Å². The van der Waals surface area contributed by atoms with Crippen molar-refractivity contribution in [2.75, 3.05) is 0 Å². The fourth-order valence-corrected chi connectivity index (χ4v) is 3.68. The first-order valence-corrected chi connectivity index (χ1v) is 10.0. The van der Waals surface area contributed by atoms with E-state index in [0.717, 1.165) is 23.1 Å². The fourth-order valence-electron chi connectivity index (χ4n) is 3.68. The number of rotatable bonds is 5. The fraction of sp³-hybridized carbons (Fsp3) is 0.304. The van der Waals surface area contributed by atoms with Gasteiger partial charge in [-0.25, -0.2) is 14.2 Å². The Morgan fingerprint density at radius 1 is 1.00 bits per heavy atom. The van der Waals surface area contributed by atoms with Gasteiger partial charge in [-0.05, 0) is 53.6 Å². The highest BCUT2D eigenvalue weighted by molar-refractivity contribution is 5.80. The molecule has 0 bridgehead atoms. The highest BCUT2D eigenvalue weighted by Gasteiger charge is 2.19. The number of fused-ring (bicyclic) bond motifs is 2. The first kappa shape index (κ1) is 19.9. The molecule has 1 N–H and O–H groups in total. The zero-order valence-corrected chi connectivity index (χ0v) is 17.1. The Hall–Kier alpha value is -3.35. The summed E-state index contributed by atoms with van der Waals surface area (Å²) in [7, 11) is 0. The number of aromatic amines is 1. The summed E-state index contributed by atoms with van der Waals surface area (Å²) in [5.41, 5.74) is 2.57. The summed E-state index contributed by atoms with van der Waals surface area (Å²) in [4.78, 5) is 35.0. The van der Waals surface area contributed by atoms with Crippen LogP contribution < -0.4 is 11.2 Å². The van der Waals surface area contributed by atoms with Crippen molar-refractivity contribution < 1.29 is 4.39 Å². The van der Waals surface area contributed by atoms with Crippen LogP contribution in [0.25, 0.3) is 22.6 Å². The number of hydrogen-bond donors (Lipinski definition) is 1. The van der Waals surface area contributed by atoms with Crippen molar-refractivity contribution in [1.29, 1.82) is 0 Å². The first-order valence-electron chi connectivity index (χ1n) is 10.0. The molecule has 4 rings (SSSR count). The van der Waals surface area contributed by atoms with Gasteiger partial charge in [0.1, 0.15) is 5.82 Å². The third-order valence-electron chi connectivity index (χ3n) is 5.52. The topological polar surface area (TPSA) is 80.6 Å². The van der Waals surface area contributed by atoms with Crippen LogP contribution in [0.1, 0.15) is 50.2 Å². The van der Waals surface area contributed by atoms with Crippen LogP contribution in [0, 0.1) is 5.82 Å². The maximum atomic E-state index is 13.2. The molecule has 0 fully saturated rings. The van der Waals surface area contributed by atoms with E-state index in [-0.39, 0.29) is 23.3 Å². The Kier molecular flexibility index (Phi) is 5.20. The maximum Gasteiger partial charge on any atom is 0.349 e. The number of aryl methyl sites for hydroxylation is 1. The molecule has 0 amide bonds. The summed E-state index contributed by atoms with van der Waals surface area (Å²) in [6.07, 6.45) is 0.721. The van der Waals surface area contributed by atoms with Gasteiger partial charge in [0, 0.05) is 6.54 Å². The molecule has 1 atom stereocenters. The molecule has 0 saturated carbocycles. The molecule has 2 aromatic carbocycles. The molecule has 0 saturated heterocycles. The molecule has 0 aromatic heterocycles. The van der Waals surface area contributed by atoms with Gasteiger partial charge in [-0.1, -0.05) is 39.0 Å². The van der Waals surface area contributed by atoms with Gasteiger partial charge in [0.05, 0.1) is 11.0 Å². The normalized spacial score (nSPS) is 12.7. The van der Waals surface area contributed by atoms with E-state index in [0.29, 0.717) is 18.0 Å². The second kappa shape index (κ2) is 7.82. The number of hydrogen-bond acceptors (Lipinski definition) is 4. The predicted octanol–water partition coefficient (Wildman–Crippen LogP) is 4.04. The third kappa shape index (κ3) is 3.75. The Morgan fingerprint density at radius 3 is 2.40 bits per heavy atom. The van der Waals surface area contributed by atoms with Crippen LogP contribution >= 0.6 is 0 Å². The smallest absolute Gasteiger partial charge is 0.322 e. The molecular formula is C23H23FN4O2. The zero-order chi connectivity index (χ0) is 21.4. The Balaban J connectivity index is 1.81. The third-order valence-corrected chi connectivity index (χ3v) is 5.52. The van der Waals surface area contributed by atoms with E-state index in [4.69, 9.17) is 0 Å². The average Bonchev–Trinajstić information content (AvgIpc) is 2.71. The lowest BCUT2D eigenvalue weighted by molar-refractivity contribution is 0.579. The zero-order valence-electron chi connectivity index (χ0n) is 17.1. The number of nitrogens with zero attached hydrogens (tertiary/aromatic N) is 3. The lowest BCUT2D eigenvalue weighted by Gasteiger charge is -2.19. The van der Waals surface area contributed by atoms with Gasteiger partial charge in [0.25, 0.3) is 5.56 Å². The molecule has 30 heavy (non-hydrogen) atoms. The van der Waals surface area contributed by atoms with Gasteiger partial charge in [-0.15, -0.1) is 0 Å². The van der Waals surface area contributed by atoms with Crippen LogP contribution in [0.2, 0.25) is 0 Å². The summed E-state index contributed by atoms with van der Waals surface area (Å²) in [5.74, 6) is 0.484. The van der Waals surface area contributed by atoms with Crippen molar-refractivity contribution >= 4 is 11.0 Å². The van der Waals surface area contributed by atoms with Crippen LogP contribution in [0.15, 0.2) is 52.1 Å². The quantitative estimate of drug-likeness (QED) is 0.507. The minimum atomic E-state index is -0.687. The van der Waals surface area contributed by atoms with Gasteiger partial charge >= 0.3 is 5.69 Å². The Morgan fingerprint density at radius 2 is 1.70 bits per heavy atom. The van der Waals surface area contributed by atoms with Gasteiger partial charge in [0.15, 0.2) is 11.5 Å². The van der Waals surface area contributed by atoms with Gasteiger partial charge in [0.2, 0.25) is 0 Å². The molecular weight excluding hydrogens is 383 g/mol. The van der Waals surface area contributed by atoms with Crippen LogP contribution in [0.4, 0.5) is 4.39 Å². The van der Waals surface area contributed by atoms with Crippen molar-refractivity contribution in [2.24, 2.45) is 0 Å². The van der Waals surface area contributed by atoms with Crippen LogP contribution in [-0.2, 0) is 6.54 Å². The van der Waals surface area contributed by atoms with Crippen molar-refractivity contribution in [1.82, 2.24) is 19.5 Å². The standard InChI is InChI=1S/C23H23FN4O2/c1-13(2)16-6-9-19-18(12-16)25-20-21(26-23(30)27-22(20)29)28(19)11-10-14(3)15-4-7-17(24)8-5-15/h4-9,12-14H,10-11H2,1-3H3,(H,27,29,30). The Bertz CT molecular complexity index is 1290. The number of benzene rings is 2. The number of halogens is 1. The summed E-state index contributed by atoms with van der Waals surface area (Å²) in [6.45, 7) is 6.79. The van der Waals surface area contributed by atoms with E-state index < -0.39 is 11.2 Å². The molecule has 7 heteroatoms. The van der Waals surface area contributed by atoms with Gasteiger partial charge in [-0.2, -0.15) is 4.98 Å². The van der Waals surface area contributed by atoms with Crippen LogP contribution in [0.3, 0.4) is 0 Å². The molecule has 0 aliphatic carbocycles. The predicted molar refractivity (Wildman–Crippen MR) is 115 cm³/mol. The van der Waals surface area contributed by atoms with Crippen molar-refractivity contribution in [3.63, 3.8) is 0 Å². The van der Waals surface area contributed by atoms with E-state index in [1.807, 2.05) is 22.8 Å². The van der Waals surface area contributed by atoms with E-state index >= 15 is 0 Å². The SMILES string of the molecule is CC(C)c1ccc2c(c1)nc1c(=O)[nH]c(=O)nc-1n2CCC(C)c1ccc(F)cc1. The first-order chi connectivity index (χ1) is 14.3. The minimum Gasteiger partial charge on any atom is -0.322 e. The lowest BCUT2D eigenvalue weighted by atomic mass is 9.97. The molecule has 2 aliphatic rings. The van der Waals surface area contributed by atoms with Crippen molar-refractivity contribution in [2.45, 2.75) is 45.6 Å². The molecule has 0 radical (unpaired) electrons. The number of H-pyrrole nitrogens is 1. The van der Waals surface area contributed by atoms with E-state index in [1.54, 1.807) is 12.1 Å². The highest BCUT2D eigenvalue weighted by atomic mass is 19.1. The van der Waals surface area contributed by atoms with Crippen LogP contribution in [0.5, 0.6) is 0 Å². The molecule has 2 aromatic rings. The highest BCUT2D eigenvalue weighted by Crippen LogP contribution is 2.27. The van der Waals surface area contributed by atoms with Crippen LogP contribution in [-0.4, -0.2) is 19.5 Å². The van der Waals surface area contributed by atoms with Gasteiger partial charge in [-0.3, -0.25) is 9.78 Å². The average molecular weight is 406 g/mol. The molecule has 6 nitrogen and oxygen atoms in total. The number of nitrogens with one attached hydrogen (secondary N) is 1. The second-order valence-electron chi connectivity index (χ2n) is 7.95. The van der Waals surface area contributed by atoms with Crippen molar-refractivity contribution in [3.8, 4) is 11.5 Å². The monoisotopic (exact) mass is 406 g/mol. The molecule has 2 heterocycles. The lowest BCUT2D eigenvalue weighted by Crippen LogP contribution is -2.29. The largest absolute Gasteiger partial charge is 0.349 e. The summed E-state index contributed by atoms with van der Waals surface area (Å²) < 4.78 is 15.1. The second-order valence-corrected chi connectivity index (χ2v) is 7.95. The number of aromatic nitrogens is 4. The maximum absolute atomic E-state index is 13.2. The molecule has 1 unspecified atom stereocenters. The summed E-state index contributed by atoms with van der Waals surface area (Å²) in [6, 6.07) is 12.4.